The zero-order chi connectivity index (χ0) is 23.6. The quantitative estimate of drug-likeness (QED) is 0.434. The molecule has 0 amide bonds. The monoisotopic (exact) mass is 465 g/mol. The fourth-order valence-electron chi connectivity index (χ4n) is 4.29. The zero-order valence-corrected chi connectivity index (χ0v) is 19.9. The normalized spacial score (nSPS) is 15.1. The van der Waals surface area contributed by atoms with Gasteiger partial charge in [0, 0.05) is 31.7 Å². The highest BCUT2D eigenvalue weighted by atomic mass is 16.5. The smallest absolute Gasteiger partial charge is 0.232 e. The van der Waals surface area contributed by atoms with Crippen LogP contribution in [-0.4, -0.2) is 67.3 Å². The van der Waals surface area contributed by atoms with Crippen LogP contribution in [-0.2, 0) is 22.6 Å². The number of rotatable bonds is 12. The van der Waals surface area contributed by atoms with Crippen LogP contribution in [0.5, 0.6) is 0 Å². The summed E-state index contributed by atoms with van der Waals surface area (Å²) in [6.07, 6.45) is 0.401. The van der Waals surface area contributed by atoms with Crippen molar-refractivity contribution in [3.8, 4) is 11.3 Å². The molecule has 1 saturated heterocycles. The maximum atomic E-state index is 10.7. The number of hydrogen-bond donors (Lipinski definition) is 1. The van der Waals surface area contributed by atoms with Crippen LogP contribution in [0.4, 0.5) is 5.88 Å². The molecule has 1 fully saturated rings. The molecule has 1 aliphatic heterocycles. The first-order chi connectivity index (χ1) is 16.7. The van der Waals surface area contributed by atoms with Crippen molar-refractivity contribution in [3.63, 3.8) is 0 Å². The van der Waals surface area contributed by atoms with Gasteiger partial charge in [-0.25, -0.2) is 0 Å². The summed E-state index contributed by atoms with van der Waals surface area (Å²) in [4.78, 5) is 4.47. The molecule has 1 atom stereocenters. The largest absolute Gasteiger partial charge is 0.389 e. The first kappa shape index (κ1) is 24.4. The Morgan fingerprint density at radius 3 is 2.47 bits per heavy atom. The second-order valence-corrected chi connectivity index (χ2v) is 8.67. The van der Waals surface area contributed by atoms with E-state index < -0.39 is 6.10 Å². The van der Waals surface area contributed by atoms with Gasteiger partial charge in [0.05, 0.1) is 38.1 Å². The molecule has 4 rings (SSSR count). The van der Waals surface area contributed by atoms with E-state index in [1.54, 1.807) is 0 Å². The van der Waals surface area contributed by atoms with E-state index in [-0.39, 0.29) is 0 Å². The van der Waals surface area contributed by atoms with Crippen molar-refractivity contribution in [2.24, 2.45) is 0 Å². The fraction of sp³-hybridized carbons (Fsp3) is 0.444. The van der Waals surface area contributed by atoms with Gasteiger partial charge in [-0.1, -0.05) is 72.7 Å². The van der Waals surface area contributed by atoms with Gasteiger partial charge in [-0.2, -0.15) is 0 Å². The average Bonchev–Trinajstić information content (AvgIpc) is 3.29. The van der Waals surface area contributed by atoms with Gasteiger partial charge in [-0.3, -0.25) is 4.90 Å². The number of aliphatic hydroxyl groups excluding tert-OH is 1. The van der Waals surface area contributed by atoms with Gasteiger partial charge in [0.1, 0.15) is 5.69 Å². The van der Waals surface area contributed by atoms with Crippen LogP contribution in [0.25, 0.3) is 11.3 Å². The van der Waals surface area contributed by atoms with Crippen LogP contribution >= 0.6 is 0 Å². The summed E-state index contributed by atoms with van der Waals surface area (Å²) in [7, 11) is 0. The van der Waals surface area contributed by atoms with E-state index in [1.165, 1.54) is 0 Å². The molecule has 7 heteroatoms. The third-order valence-corrected chi connectivity index (χ3v) is 5.93. The molecular formula is C27H35N3O4. The Balaban J connectivity index is 1.46. The Labute approximate surface area is 201 Å². The molecule has 0 saturated carbocycles. The maximum Gasteiger partial charge on any atom is 0.232 e. The zero-order valence-electron chi connectivity index (χ0n) is 19.9. The van der Waals surface area contributed by atoms with E-state index in [1.807, 2.05) is 48.5 Å². The van der Waals surface area contributed by atoms with E-state index in [0.717, 1.165) is 54.3 Å². The number of morpholine rings is 1. The Morgan fingerprint density at radius 1 is 1.06 bits per heavy atom. The molecule has 7 nitrogen and oxygen atoms in total. The molecule has 0 bridgehead atoms. The first-order valence-corrected chi connectivity index (χ1v) is 12.1. The number of aromatic nitrogens is 1. The topological polar surface area (TPSA) is 71.2 Å². The number of aliphatic hydroxyl groups is 1. The number of hydrogen-bond acceptors (Lipinski definition) is 7. The highest BCUT2D eigenvalue weighted by Crippen LogP contribution is 2.33. The minimum Gasteiger partial charge on any atom is -0.389 e. The third-order valence-electron chi connectivity index (χ3n) is 5.93. The Morgan fingerprint density at radius 2 is 1.76 bits per heavy atom. The molecule has 2 heterocycles. The second-order valence-electron chi connectivity index (χ2n) is 8.67. The number of anilines is 1. The van der Waals surface area contributed by atoms with E-state index in [4.69, 9.17) is 14.0 Å². The first-order valence-electron chi connectivity index (χ1n) is 12.1. The minimum absolute atomic E-state index is 0.292. The van der Waals surface area contributed by atoms with Crippen molar-refractivity contribution < 1.29 is 19.1 Å². The molecule has 1 N–H and O–H groups in total. The van der Waals surface area contributed by atoms with E-state index in [9.17, 15) is 5.11 Å². The summed E-state index contributed by atoms with van der Waals surface area (Å²) in [6.45, 7) is 7.87. The van der Waals surface area contributed by atoms with Crippen molar-refractivity contribution in [2.75, 3.05) is 50.9 Å². The van der Waals surface area contributed by atoms with Crippen molar-refractivity contribution in [1.29, 1.82) is 0 Å². The predicted octanol–water partition coefficient (Wildman–Crippen LogP) is 3.97. The Kier molecular flexibility index (Phi) is 9.10. The van der Waals surface area contributed by atoms with Crippen LogP contribution in [0.15, 0.2) is 65.2 Å². The Bertz CT molecular complexity index is 974. The summed E-state index contributed by atoms with van der Waals surface area (Å²) in [5, 5.41) is 15.2. The van der Waals surface area contributed by atoms with Crippen LogP contribution < -0.4 is 4.90 Å². The van der Waals surface area contributed by atoms with Gasteiger partial charge in [-0.15, -0.1) is 0 Å². The third kappa shape index (κ3) is 6.67. The summed E-state index contributed by atoms with van der Waals surface area (Å²) >= 11 is 0. The SMILES string of the molecule is CCCN(Cc1c(-c2ccccc2)noc1N1CCOCC1)C[C@H](O)COCc1ccccc1. The number of benzene rings is 2. The van der Waals surface area contributed by atoms with Gasteiger partial charge >= 0.3 is 0 Å². The molecule has 1 aromatic heterocycles. The standard InChI is InChI=1S/C27H35N3O4/c1-2-13-29(18-24(31)21-33-20-22-9-5-3-6-10-22)19-25-26(23-11-7-4-8-12-23)28-34-27(25)30-14-16-32-17-15-30/h3-12,24,31H,2,13-21H2,1H3/t24-/m0/s1. The van der Waals surface area contributed by atoms with Crippen LogP contribution in [0.2, 0.25) is 0 Å². The average molecular weight is 466 g/mol. The lowest BCUT2D eigenvalue weighted by Crippen LogP contribution is -2.38. The molecule has 2 aromatic carbocycles. The molecule has 1 aliphatic rings. The molecule has 0 spiro atoms. The second kappa shape index (κ2) is 12.7. The molecule has 0 aliphatic carbocycles. The van der Waals surface area contributed by atoms with Crippen molar-refractivity contribution >= 4 is 5.88 Å². The molecule has 182 valence electrons. The summed E-state index contributed by atoms with van der Waals surface area (Å²) in [5.41, 5.74) is 4.05. The van der Waals surface area contributed by atoms with Gasteiger partial charge < -0.3 is 24.0 Å². The lowest BCUT2D eigenvalue weighted by molar-refractivity contribution is 0.00857. The molecule has 34 heavy (non-hydrogen) atoms. The molecule has 0 unspecified atom stereocenters. The van der Waals surface area contributed by atoms with Crippen LogP contribution in [0.3, 0.4) is 0 Å². The van der Waals surface area contributed by atoms with Crippen molar-refractivity contribution in [2.45, 2.75) is 32.6 Å². The van der Waals surface area contributed by atoms with Gasteiger partial charge in [0.25, 0.3) is 0 Å². The summed E-state index contributed by atoms with van der Waals surface area (Å²) in [6, 6.07) is 20.2. The fourth-order valence-corrected chi connectivity index (χ4v) is 4.29. The van der Waals surface area contributed by atoms with Crippen LogP contribution in [0, 0.1) is 0 Å². The molecule has 0 radical (unpaired) electrons. The minimum atomic E-state index is -0.581. The lowest BCUT2D eigenvalue weighted by atomic mass is 10.1. The predicted molar refractivity (Wildman–Crippen MR) is 133 cm³/mol. The van der Waals surface area contributed by atoms with Gasteiger partial charge in [0.2, 0.25) is 5.88 Å². The van der Waals surface area contributed by atoms with Gasteiger partial charge in [0.15, 0.2) is 0 Å². The van der Waals surface area contributed by atoms with E-state index in [0.29, 0.717) is 39.5 Å². The molecular weight excluding hydrogens is 430 g/mol. The lowest BCUT2D eigenvalue weighted by Gasteiger charge is -2.29. The molecule has 3 aromatic rings. The van der Waals surface area contributed by atoms with E-state index in [2.05, 4.69) is 34.0 Å². The van der Waals surface area contributed by atoms with Gasteiger partial charge in [-0.05, 0) is 18.5 Å². The highest BCUT2D eigenvalue weighted by Gasteiger charge is 2.26. The number of ether oxygens (including phenoxy) is 2. The number of nitrogens with zero attached hydrogens (tertiary/aromatic N) is 3. The Hall–Kier alpha value is -2.71. The van der Waals surface area contributed by atoms with Crippen molar-refractivity contribution in [1.82, 2.24) is 10.1 Å². The van der Waals surface area contributed by atoms with Crippen molar-refractivity contribution in [3.05, 3.63) is 71.8 Å². The maximum absolute atomic E-state index is 10.7. The highest BCUT2D eigenvalue weighted by molar-refractivity contribution is 5.68. The summed E-state index contributed by atoms with van der Waals surface area (Å²) < 4.78 is 17.2. The van der Waals surface area contributed by atoms with Crippen LogP contribution in [0.1, 0.15) is 24.5 Å². The summed E-state index contributed by atoms with van der Waals surface area (Å²) in [5.74, 6) is 0.804. The van der Waals surface area contributed by atoms with E-state index >= 15 is 0 Å².